The molecule has 92 valence electrons. The van der Waals surface area contributed by atoms with Crippen LogP contribution >= 0.6 is 11.8 Å². The molecule has 18 heavy (non-hydrogen) atoms. The Morgan fingerprint density at radius 3 is 2.89 bits per heavy atom. The van der Waals surface area contributed by atoms with Gasteiger partial charge in [-0.3, -0.25) is 0 Å². The molecule has 2 aliphatic heterocycles. The fraction of sp³-hybridized carbons (Fsp3) is 0.357. The van der Waals surface area contributed by atoms with Gasteiger partial charge in [0.05, 0.1) is 5.69 Å². The van der Waals surface area contributed by atoms with E-state index >= 15 is 0 Å². The van der Waals surface area contributed by atoms with Crippen LogP contribution in [0.2, 0.25) is 0 Å². The normalized spacial score (nSPS) is 20.0. The van der Waals surface area contributed by atoms with Crippen molar-refractivity contribution in [2.24, 2.45) is 0 Å². The van der Waals surface area contributed by atoms with Crippen LogP contribution in [0.15, 0.2) is 36.5 Å². The van der Waals surface area contributed by atoms with Crippen LogP contribution in [0.25, 0.3) is 11.3 Å². The van der Waals surface area contributed by atoms with E-state index in [4.69, 9.17) is 0 Å². The van der Waals surface area contributed by atoms with Gasteiger partial charge in [0.25, 0.3) is 0 Å². The summed E-state index contributed by atoms with van der Waals surface area (Å²) in [5, 5.41) is 8.32. The first-order valence-electron chi connectivity index (χ1n) is 6.39. The highest BCUT2D eigenvalue weighted by atomic mass is 32.2. The maximum Gasteiger partial charge on any atom is 0.133 e. The molecule has 0 amide bonds. The summed E-state index contributed by atoms with van der Waals surface area (Å²) in [4.78, 5) is 0. The van der Waals surface area contributed by atoms with E-state index in [-0.39, 0.29) is 5.66 Å². The summed E-state index contributed by atoms with van der Waals surface area (Å²) in [5.74, 6) is 2.41. The zero-order valence-corrected chi connectivity index (χ0v) is 10.9. The molecule has 1 aromatic heterocycles. The number of thioether (sulfide) groups is 1. The van der Waals surface area contributed by atoms with E-state index in [9.17, 15) is 0 Å². The van der Waals surface area contributed by atoms with Crippen molar-refractivity contribution in [3.05, 3.63) is 36.5 Å². The molecule has 0 unspecified atom stereocenters. The Balaban J connectivity index is 1.92. The number of nitrogens with zero attached hydrogens (tertiary/aromatic N) is 2. The Hall–Kier alpha value is -1.42. The Kier molecular flexibility index (Phi) is 2.21. The lowest BCUT2D eigenvalue weighted by atomic mass is 9.96. The van der Waals surface area contributed by atoms with Crippen molar-refractivity contribution < 1.29 is 0 Å². The number of para-hydroxylation sites is 1. The maximum atomic E-state index is 4.58. The van der Waals surface area contributed by atoms with Crippen molar-refractivity contribution >= 4 is 17.4 Å². The number of aromatic nitrogens is 2. The lowest BCUT2D eigenvalue weighted by Crippen LogP contribution is -2.47. The number of fused-ring (bicyclic) bond motifs is 4. The first-order chi connectivity index (χ1) is 8.89. The van der Waals surface area contributed by atoms with Gasteiger partial charge in [-0.15, -0.1) is 0 Å². The van der Waals surface area contributed by atoms with Crippen molar-refractivity contribution in [1.82, 2.24) is 9.78 Å². The second-order valence-corrected chi connectivity index (χ2v) is 6.17. The van der Waals surface area contributed by atoms with Gasteiger partial charge in [-0.05, 0) is 36.5 Å². The lowest BCUT2D eigenvalue weighted by molar-refractivity contribution is 0.276. The minimum Gasteiger partial charge on any atom is -0.361 e. The second kappa shape index (κ2) is 3.79. The first kappa shape index (κ1) is 10.5. The predicted molar refractivity (Wildman–Crippen MR) is 75.8 cm³/mol. The molecular weight excluding hydrogens is 242 g/mol. The summed E-state index contributed by atoms with van der Waals surface area (Å²) >= 11 is 2.04. The van der Waals surface area contributed by atoms with E-state index in [1.54, 1.807) is 0 Å². The highest BCUT2D eigenvalue weighted by molar-refractivity contribution is 7.99. The Labute approximate surface area is 111 Å². The number of hydrogen-bond donors (Lipinski definition) is 1. The summed E-state index contributed by atoms with van der Waals surface area (Å²) in [7, 11) is 0. The summed E-state index contributed by atoms with van der Waals surface area (Å²) in [6.07, 6.45) is 4.20. The molecule has 4 heteroatoms. The molecule has 1 saturated heterocycles. The quantitative estimate of drug-likeness (QED) is 0.786. The molecule has 3 nitrogen and oxygen atoms in total. The van der Waals surface area contributed by atoms with Gasteiger partial charge in [0.15, 0.2) is 0 Å². The molecule has 0 aliphatic carbocycles. The SMILES string of the molecule is c1ccc2c(c1)NC1(CCSCC1)n1nccc1-2. The summed E-state index contributed by atoms with van der Waals surface area (Å²) in [6.45, 7) is 0. The molecular formula is C14H15N3S. The largest absolute Gasteiger partial charge is 0.361 e. The van der Waals surface area contributed by atoms with Crippen LogP contribution in [-0.2, 0) is 5.66 Å². The molecule has 1 spiro atoms. The van der Waals surface area contributed by atoms with Gasteiger partial charge in [0.1, 0.15) is 5.66 Å². The maximum absolute atomic E-state index is 4.58. The molecule has 0 saturated carbocycles. The average molecular weight is 257 g/mol. The van der Waals surface area contributed by atoms with Gasteiger partial charge in [-0.1, -0.05) is 18.2 Å². The molecule has 4 rings (SSSR count). The number of benzene rings is 1. The monoisotopic (exact) mass is 257 g/mol. The molecule has 3 heterocycles. The van der Waals surface area contributed by atoms with E-state index in [2.05, 4.69) is 45.4 Å². The first-order valence-corrected chi connectivity index (χ1v) is 7.54. The fourth-order valence-electron chi connectivity index (χ4n) is 3.01. The smallest absolute Gasteiger partial charge is 0.133 e. The van der Waals surface area contributed by atoms with Gasteiger partial charge in [0, 0.05) is 17.4 Å². The van der Waals surface area contributed by atoms with Crippen molar-refractivity contribution in [2.45, 2.75) is 18.5 Å². The summed E-state index contributed by atoms with van der Waals surface area (Å²) in [6, 6.07) is 10.7. The van der Waals surface area contributed by atoms with Crippen molar-refractivity contribution in [2.75, 3.05) is 16.8 Å². The van der Waals surface area contributed by atoms with Gasteiger partial charge in [-0.25, -0.2) is 4.68 Å². The molecule has 2 aromatic rings. The van der Waals surface area contributed by atoms with E-state index < -0.39 is 0 Å². The van der Waals surface area contributed by atoms with Crippen LogP contribution in [0, 0.1) is 0 Å². The topological polar surface area (TPSA) is 29.9 Å². The van der Waals surface area contributed by atoms with Gasteiger partial charge >= 0.3 is 0 Å². The molecule has 1 aromatic carbocycles. The Morgan fingerprint density at radius 1 is 1.17 bits per heavy atom. The molecule has 2 aliphatic rings. The van der Waals surface area contributed by atoms with Crippen LogP contribution in [0.5, 0.6) is 0 Å². The van der Waals surface area contributed by atoms with E-state index in [0.717, 1.165) is 12.8 Å². The van der Waals surface area contributed by atoms with E-state index in [1.807, 2.05) is 18.0 Å². The highest BCUT2D eigenvalue weighted by Crippen LogP contribution is 2.43. The zero-order chi connectivity index (χ0) is 12.0. The van der Waals surface area contributed by atoms with Crippen molar-refractivity contribution in [3.63, 3.8) is 0 Å². The third-order valence-corrected chi connectivity index (χ3v) is 4.92. The Morgan fingerprint density at radius 2 is 2.00 bits per heavy atom. The van der Waals surface area contributed by atoms with Crippen LogP contribution in [-0.4, -0.2) is 21.3 Å². The van der Waals surface area contributed by atoms with Crippen LogP contribution < -0.4 is 5.32 Å². The summed E-state index contributed by atoms with van der Waals surface area (Å²) in [5.41, 5.74) is 3.76. The molecule has 1 N–H and O–H groups in total. The molecule has 0 atom stereocenters. The number of rotatable bonds is 0. The van der Waals surface area contributed by atoms with Gasteiger partial charge in [0.2, 0.25) is 0 Å². The highest BCUT2D eigenvalue weighted by Gasteiger charge is 2.39. The van der Waals surface area contributed by atoms with Crippen molar-refractivity contribution in [3.8, 4) is 11.3 Å². The third-order valence-electron chi connectivity index (χ3n) is 3.94. The van der Waals surface area contributed by atoms with Gasteiger partial charge < -0.3 is 5.32 Å². The fourth-order valence-corrected chi connectivity index (χ4v) is 4.18. The standard InChI is InChI=1S/C14H15N3S/c1-2-4-12-11(3-1)13-5-8-15-17(13)14(16-12)6-9-18-10-7-14/h1-5,8,16H,6-7,9-10H2. The minimum atomic E-state index is -0.00155. The zero-order valence-electron chi connectivity index (χ0n) is 10.1. The van der Waals surface area contributed by atoms with Crippen molar-refractivity contribution in [1.29, 1.82) is 0 Å². The Bertz CT molecular complexity index is 584. The molecule has 0 radical (unpaired) electrons. The third kappa shape index (κ3) is 1.35. The number of nitrogens with one attached hydrogen (secondary N) is 1. The van der Waals surface area contributed by atoms with E-state index in [1.165, 1.54) is 28.5 Å². The summed E-state index contributed by atoms with van der Waals surface area (Å²) < 4.78 is 2.20. The lowest BCUT2D eigenvalue weighted by Gasteiger charge is -2.43. The van der Waals surface area contributed by atoms with Crippen LogP contribution in [0.1, 0.15) is 12.8 Å². The number of hydrogen-bond acceptors (Lipinski definition) is 3. The number of anilines is 1. The average Bonchev–Trinajstić information content (AvgIpc) is 2.90. The predicted octanol–water partition coefficient (Wildman–Crippen LogP) is 3.16. The minimum absolute atomic E-state index is 0.00155. The molecule has 0 bridgehead atoms. The van der Waals surface area contributed by atoms with Gasteiger partial charge in [-0.2, -0.15) is 16.9 Å². The molecule has 1 fully saturated rings. The van der Waals surface area contributed by atoms with Crippen LogP contribution in [0.4, 0.5) is 5.69 Å². The second-order valence-electron chi connectivity index (χ2n) is 4.94. The van der Waals surface area contributed by atoms with E-state index in [0.29, 0.717) is 0 Å². The van der Waals surface area contributed by atoms with Crippen LogP contribution in [0.3, 0.4) is 0 Å².